The number of aromatic nitrogens is 3. The van der Waals surface area contributed by atoms with E-state index >= 15 is 0 Å². The van der Waals surface area contributed by atoms with Crippen LogP contribution in [-0.2, 0) is 76.2 Å². The van der Waals surface area contributed by atoms with Crippen LogP contribution in [0.3, 0.4) is 0 Å². The summed E-state index contributed by atoms with van der Waals surface area (Å²) in [6.07, 6.45) is -11.8. The molecule has 0 aliphatic carbocycles. The van der Waals surface area contributed by atoms with Gasteiger partial charge in [0.1, 0.15) is 31.1 Å². The van der Waals surface area contributed by atoms with Gasteiger partial charge >= 0.3 is 41.8 Å². The number of esters is 7. The summed E-state index contributed by atoms with van der Waals surface area (Å²) < 4.78 is 50.2. The zero-order valence-electron chi connectivity index (χ0n) is 28.9. The number of hydrogen-bond acceptors (Lipinski definition) is 18. The summed E-state index contributed by atoms with van der Waals surface area (Å²) >= 11 is 0. The lowest BCUT2D eigenvalue weighted by Crippen LogP contribution is -2.64. The highest BCUT2D eigenvalue weighted by molar-refractivity contribution is 5.69. The smallest absolute Gasteiger partial charge is 0.303 e. The van der Waals surface area contributed by atoms with E-state index in [4.69, 9.17) is 42.6 Å². The Labute approximate surface area is 291 Å². The Kier molecular flexibility index (Phi) is 14.5. The molecule has 278 valence electrons. The van der Waals surface area contributed by atoms with Gasteiger partial charge in [-0.1, -0.05) is 18.2 Å². The van der Waals surface area contributed by atoms with Crippen molar-refractivity contribution >= 4 is 41.8 Å². The van der Waals surface area contributed by atoms with Crippen LogP contribution in [-0.4, -0.2) is 113 Å². The second kappa shape index (κ2) is 18.5. The average molecular weight is 722 g/mol. The SMILES string of the molecule is CC(=O)OCC(OC(C)=O)C(OC1OC(COC(C)=O)C(OC(C)=O)C(OC(C)=O)C1OC(C)=O)C(OC(C)=O)c1cnn(-c2ccccc2)n1. The molecule has 1 aliphatic rings. The molecule has 1 saturated heterocycles. The molecule has 8 unspecified atom stereocenters. The molecule has 0 bridgehead atoms. The lowest BCUT2D eigenvalue weighted by atomic mass is 9.97. The summed E-state index contributed by atoms with van der Waals surface area (Å²) in [6.45, 7) is 6.20. The summed E-state index contributed by atoms with van der Waals surface area (Å²) in [7, 11) is 0. The van der Waals surface area contributed by atoms with Crippen LogP contribution in [0.5, 0.6) is 0 Å². The van der Waals surface area contributed by atoms with Gasteiger partial charge in [0.25, 0.3) is 0 Å². The highest BCUT2D eigenvalue weighted by Crippen LogP contribution is 2.35. The molecule has 51 heavy (non-hydrogen) atoms. The maximum Gasteiger partial charge on any atom is 0.303 e. The summed E-state index contributed by atoms with van der Waals surface area (Å²) in [6, 6.07) is 8.62. The van der Waals surface area contributed by atoms with Gasteiger partial charge in [-0.2, -0.15) is 9.90 Å². The molecule has 19 heteroatoms. The number of para-hydroxylation sites is 1. The molecule has 1 aliphatic heterocycles. The van der Waals surface area contributed by atoms with Crippen molar-refractivity contribution in [2.75, 3.05) is 13.2 Å². The molecule has 8 atom stereocenters. The van der Waals surface area contributed by atoms with E-state index in [0.29, 0.717) is 5.69 Å². The Morgan fingerprint density at radius 3 is 1.82 bits per heavy atom. The van der Waals surface area contributed by atoms with Gasteiger partial charge in [0.2, 0.25) is 0 Å². The maximum atomic E-state index is 12.6. The zero-order valence-corrected chi connectivity index (χ0v) is 28.9. The number of ether oxygens (including phenoxy) is 9. The quantitative estimate of drug-likeness (QED) is 0.183. The Balaban J connectivity index is 2.23. The van der Waals surface area contributed by atoms with Gasteiger partial charge in [-0.05, 0) is 12.1 Å². The molecule has 2 aromatic rings. The van der Waals surface area contributed by atoms with Crippen LogP contribution in [0.25, 0.3) is 5.69 Å². The van der Waals surface area contributed by atoms with Gasteiger partial charge in [0.05, 0.1) is 11.9 Å². The van der Waals surface area contributed by atoms with Crippen LogP contribution in [0, 0.1) is 0 Å². The van der Waals surface area contributed by atoms with Gasteiger partial charge in [-0.15, -0.1) is 5.10 Å². The summed E-state index contributed by atoms with van der Waals surface area (Å²) in [5.74, 6) is -5.97. The Bertz CT molecular complexity index is 1560. The molecule has 3 rings (SSSR count). The van der Waals surface area contributed by atoms with Crippen molar-refractivity contribution in [3.63, 3.8) is 0 Å². The van der Waals surface area contributed by atoms with Crippen molar-refractivity contribution in [2.24, 2.45) is 0 Å². The third-order valence-corrected chi connectivity index (χ3v) is 6.75. The lowest BCUT2D eigenvalue weighted by molar-refractivity contribution is -0.329. The van der Waals surface area contributed by atoms with E-state index in [-0.39, 0.29) is 5.69 Å². The van der Waals surface area contributed by atoms with E-state index in [1.54, 1.807) is 30.3 Å². The van der Waals surface area contributed by atoms with Crippen molar-refractivity contribution in [3.8, 4) is 5.69 Å². The lowest BCUT2D eigenvalue weighted by Gasteiger charge is -2.45. The van der Waals surface area contributed by atoms with Crippen LogP contribution in [0.1, 0.15) is 60.3 Å². The Morgan fingerprint density at radius 2 is 1.27 bits per heavy atom. The first kappa shape index (κ1) is 40.0. The van der Waals surface area contributed by atoms with Crippen LogP contribution in [0.15, 0.2) is 36.5 Å². The molecule has 0 saturated carbocycles. The fraction of sp³-hybridized carbons (Fsp3) is 0.531. The van der Waals surface area contributed by atoms with E-state index in [1.165, 1.54) is 11.0 Å². The number of nitrogens with zero attached hydrogens (tertiary/aromatic N) is 3. The maximum absolute atomic E-state index is 12.6. The van der Waals surface area contributed by atoms with Crippen molar-refractivity contribution in [2.45, 2.75) is 97.5 Å². The minimum Gasteiger partial charge on any atom is -0.463 e. The first-order chi connectivity index (χ1) is 24.0. The third kappa shape index (κ3) is 12.1. The van der Waals surface area contributed by atoms with E-state index in [2.05, 4.69) is 10.2 Å². The minimum atomic E-state index is -1.84. The fourth-order valence-electron chi connectivity index (χ4n) is 4.98. The monoisotopic (exact) mass is 721 g/mol. The molecule has 1 fully saturated rings. The molecule has 0 amide bonds. The largest absolute Gasteiger partial charge is 0.463 e. The number of hydrogen-bond donors (Lipinski definition) is 0. The standard InChI is InChI=1S/C32H39N3O16/c1-16(36)43-14-25(45-18(3)38)28(27(46-19(4)39)24-13-33-35(34-24)23-11-9-8-10-12-23)51-32-31(49-22(7)42)30(48-21(6)41)29(47-20(5)40)26(50-32)15-44-17(2)37/h8-13,25-32H,14-15H2,1-7H3. The minimum absolute atomic E-state index is 0.0512. The van der Waals surface area contributed by atoms with Crippen LogP contribution >= 0.6 is 0 Å². The Morgan fingerprint density at radius 1 is 0.706 bits per heavy atom. The van der Waals surface area contributed by atoms with Crippen molar-refractivity contribution < 1.29 is 76.2 Å². The molecule has 1 aromatic heterocycles. The second-order valence-electron chi connectivity index (χ2n) is 11.0. The average Bonchev–Trinajstić information content (AvgIpc) is 3.52. The molecule has 0 spiro atoms. The van der Waals surface area contributed by atoms with Crippen molar-refractivity contribution in [1.82, 2.24) is 15.0 Å². The first-order valence-electron chi connectivity index (χ1n) is 15.5. The highest BCUT2D eigenvalue weighted by atomic mass is 16.7. The van der Waals surface area contributed by atoms with E-state index < -0.39 is 104 Å². The number of carbonyl (C=O) groups excluding carboxylic acids is 7. The van der Waals surface area contributed by atoms with Gasteiger partial charge in [-0.3, -0.25) is 33.6 Å². The number of rotatable bonds is 15. The molecular weight excluding hydrogens is 682 g/mol. The molecule has 2 heterocycles. The van der Waals surface area contributed by atoms with Gasteiger partial charge in [0.15, 0.2) is 36.8 Å². The fourth-order valence-corrected chi connectivity index (χ4v) is 4.98. The van der Waals surface area contributed by atoms with Crippen LogP contribution in [0.4, 0.5) is 0 Å². The molecular formula is C32H39N3O16. The van der Waals surface area contributed by atoms with Crippen LogP contribution < -0.4 is 0 Å². The second-order valence-corrected chi connectivity index (χ2v) is 11.0. The van der Waals surface area contributed by atoms with E-state index in [0.717, 1.165) is 48.5 Å². The Hall–Kier alpha value is -5.43. The van der Waals surface area contributed by atoms with Crippen molar-refractivity contribution in [3.05, 3.63) is 42.2 Å². The van der Waals surface area contributed by atoms with Gasteiger partial charge < -0.3 is 42.6 Å². The van der Waals surface area contributed by atoms with Gasteiger partial charge in [0, 0.05) is 48.5 Å². The summed E-state index contributed by atoms with van der Waals surface area (Å²) in [5, 5.41) is 8.66. The van der Waals surface area contributed by atoms with Crippen LogP contribution in [0.2, 0.25) is 0 Å². The normalized spacial score (nSPS) is 21.5. The topological polar surface area (TPSA) is 233 Å². The summed E-state index contributed by atoms with van der Waals surface area (Å²) in [5.41, 5.74) is 0.462. The van der Waals surface area contributed by atoms with Gasteiger partial charge in [-0.25, -0.2) is 0 Å². The first-order valence-corrected chi connectivity index (χ1v) is 15.5. The number of benzene rings is 1. The number of carbonyl (C=O) groups is 7. The highest BCUT2D eigenvalue weighted by Gasteiger charge is 2.55. The van der Waals surface area contributed by atoms with E-state index in [9.17, 15) is 33.6 Å². The summed E-state index contributed by atoms with van der Waals surface area (Å²) in [4.78, 5) is 86.8. The molecule has 0 radical (unpaired) electrons. The predicted octanol–water partition coefficient (Wildman–Crippen LogP) is 0.835. The van der Waals surface area contributed by atoms with E-state index in [1.807, 2.05) is 0 Å². The molecule has 0 N–H and O–H groups in total. The molecule has 1 aromatic carbocycles. The molecule has 19 nitrogen and oxygen atoms in total. The third-order valence-electron chi connectivity index (χ3n) is 6.75. The predicted molar refractivity (Wildman–Crippen MR) is 165 cm³/mol. The zero-order chi connectivity index (χ0) is 37.8. The van der Waals surface area contributed by atoms with Crippen molar-refractivity contribution in [1.29, 1.82) is 0 Å².